The van der Waals surface area contributed by atoms with Gasteiger partial charge in [-0.3, -0.25) is 4.79 Å². The number of hydrogen-bond acceptors (Lipinski definition) is 3. The summed E-state index contributed by atoms with van der Waals surface area (Å²) in [6, 6.07) is 15.6. The van der Waals surface area contributed by atoms with Crippen molar-refractivity contribution >= 4 is 11.6 Å². The summed E-state index contributed by atoms with van der Waals surface area (Å²) in [5.41, 5.74) is 2.98. The molecular weight excluding hydrogens is 288 g/mol. The molecule has 4 nitrogen and oxygen atoms in total. The summed E-state index contributed by atoms with van der Waals surface area (Å²) >= 11 is 0. The number of hydrogen-bond donors (Lipinski definition) is 2. The number of amides is 1. The summed E-state index contributed by atoms with van der Waals surface area (Å²) < 4.78 is 5.81. The molecule has 2 aromatic carbocycles. The van der Waals surface area contributed by atoms with Crippen LogP contribution >= 0.6 is 0 Å². The Balaban J connectivity index is 1.66. The van der Waals surface area contributed by atoms with Crippen molar-refractivity contribution in [1.82, 2.24) is 5.32 Å². The van der Waals surface area contributed by atoms with E-state index in [9.17, 15) is 4.79 Å². The number of nitrogens with one attached hydrogen (secondary N) is 2. The fourth-order valence-corrected chi connectivity index (χ4v) is 2.78. The molecule has 1 atom stereocenters. The number of anilines is 1. The second kappa shape index (κ2) is 7.29. The van der Waals surface area contributed by atoms with Crippen molar-refractivity contribution in [3.8, 4) is 5.75 Å². The predicted octanol–water partition coefficient (Wildman–Crippen LogP) is 3.26. The fraction of sp³-hybridized carbons (Fsp3) is 0.316. The van der Waals surface area contributed by atoms with Gasteiger partial charge in [-0.2, -0.15) is 0 Å². The number of ether oxygens (including phenoxy) is 1. The minimum Gasteiger partial charge on any atom is -0.489 e. The van der Waals surface area contributed by atoms with Crippen LogP contribution in [0.3, 0.4) is 0 Å². The van der Waals surface area contributed by atoms with Gasteiger partial charge >= 0.3 is 0 Å². The number of benzene rings is 2. The van der Waals surface area contributed by atoms with Crippen molar-refractivity contribution in [2.45, 2.75) is 32.4 Å². The summed E-state index contributed by atoms with van der Waals surface area (Å²) in [6.07, 6.45) is 1.96. The molecule has 1 aliphatic rings. The molecule has 0 saturated carbocycles. The lowest BCUT2D eigenvalue weighted by Gasteiger charge is -2.15. The topological polar surface area (TPSA) is 50.4 Å². The lowest BCUT2D eigenvalue weighted by atomic mass is 10.1. The summed E-state index contributed by atoms with van der Waals surface area (Å²) in [6.45, 7) is 3.42. The zero-order chi connectivity index (χ0) is 16.1. The molecule has 0 spiro atoms. The Hall–Kier alpha value is -2.33. The Morgan fingerprint density at radius 1 is 1.22 bits per heavy atom. The van der Waals surface area contributed by atoms with Crippen LogP contribution in [0.1, 0.15) is 24.0 Å². The second-order valence-electron chi connectivity index (χ2n) is 5.83. The number of para-hydroxylation sites is 1. The lowest BCUT2D eigenvalue weighted by molar-refractivity contribution is -0.117. The lowest BCUT2D eigenvalue weighted by Crippen LogP contribution is -2.35. The van der Waals surface area contributed by atoms with E-state index in [0.717, 1.165) is 42.0 Å². The molecule has 120 valence electrons. The highest BCUT2D eigenvalue weighted by Crippen LogP contribution is 2.21. The van der Waals surface area contributed by atoms with E-state index < -0.39 is 0 Å². The molecule has 4 heteroatoms. The third kappa shape index (κ3) is 3.90. The van der Waals surface area contributed by atoms with Crippen LogP contribution in [0.4, 0.5) is 5.69 Å². The Labute approximate surface area is 136 Å². The number of rotatable bonds is 5. The minimum atomic E-state index is -0.0707. The maximum atomic E-state index is 12.3. The first kappa shape index (κ1) is 15.6. The molecule has 2 N–H and O–H groups in total. The van der Waals surface area contributed by atoms with Crippen molar-refractivity contribution in [1.29, 1.82) is 0 Å². The Kier molecular flexibility index (Phi) is 4.93. The van der Waals surface area contributed by atoms with E-state index in [1.807, 2.05) is 55.5 Å². The van der Waals surface area contributed by atoms with Crippen molar-refractivity contribution < 1.29 is 9.53 Å². The fourth-order valence-electron chi connectivity index (χ4n) is 2.78. The van der Waals surface area contributed by atoms with E-state index in [1.54, 1.807) is 0 Å². The summed E-state index contributed by atoms with van der Waals surface area (Å²) in [4.78, 5) is 12.3. The monoisotopic (exact) mass is 310 g/mol. The Morgan fingerprint density at radius 3 is 2.78 bits per heavy atom. The first-order chi connectivity index (χ1) is 11.2. The molecule has 1 saturated heterocycles. The van der Waals surface area contributed by atoms with E-state index in [-0.39, 0.29) is 11.9 Å². The highest BCUT2D eigenvalue weighted by atomic mass is 16.5. The van der Waals surface area contributed by atoms with Crippen LogP contribution < -0.4 is 15.4 Å². The molecule has 1 amide bonds. The van der Waals surface area contributed by atoms with Crippen LogP contribution in [0.25, 0.3) is 0 Å². The molecular formula is C19H22N2O2. The minimum absolute atomic E-state index is 0.0479. The van der Waals surface area contributed by atoms with Crippen molar-refractivity contribution in [3.05, 3.63) is 59.7 Å². The third-order valence-electron chi connectivity index (χ3n) is 4.22. The van der Waals surface area contributed by atoms with E-state index >= 15 is 0 Å². The molecule has 1 unspecified atom stereocenters. The maximum absolute atomic E-state index is 12.3. The first-order valence-corrected chi connectivity index (χ1v) is 8.04. The van der Waals surface area contributed by atoms with Gasteiger partial charge in [0.25, 0.3) is 0 Å². The van der Waals surface area contributed by atoms with E-state index in [4.69, 9.17) is 4.74 Å². The molecule has 0 aliphatic carbocycles. The van der Waals surface area contributed by atoms with Gasteiger partial charge in [0.1, 0.15) is 12.4 Å². The highest BCUT2D eigenvalue weighted by Gasteiger charge is 2.22. The SMILES string of the molecule is Cc1c(COc2ccccc2)cccc1NC(=O)C1CCCN1. The third-order valence-corrected chi connectivity index (χ3v) is 4.22. The van der Waals surface area contributed by atoms with Crippen LogP contribution in [0.15, 0.2) is 48.5 Å². The van der Waals surface area contributed by atoms with Gasteiger partial charge in [0.05, 0.1) is 6.04 Å². The highest BCUT2D eigenvalue weighted by molar-refractivity contribution is 5.95. The molecule has 3 rings (SSSR count). The van der Waals surface area contributed by atoms with Gasteiger partial charge in [-0.1, -0.05) is 30.3 Å². The van der Waals surface area contributed by atoms with Gasteiger partial charge < -0.3 is 15.4 Å². The van der Waals surface area contributed by atoms with E-state index in [0.29, 0.717) is 6.61 Å². The van der Waals surface area contributed by atoms with Crippen LogP contribution in [-0.4, -0.2) is 18.5 Å². The average molecular weight is 310 g/mol. The molecule has 0 radical (unpaired) electrons. The van der Waals surface area contributed by atoms with Crippen LogP contribution in [0, 0.1) is 6.92 Å². The quantitative estimate of drug-likeness (QED) is 0.891. The largest absolute Gasteiger partial charge is 0.489 e. The van der Waals surface area contributed by atoms with Crippen LogP contribution in [0.5, 0.6) is 5.75 Å². The Morgan fingerprint density at radius 2 is 2.04 bits per heavy atom. The maximum Gasteiger partial charge on any atom is 0.241 e. The van der Waals surface area contributed by atoms with Crippen molar-refractivity contribution in [2.75, 3.05) is 11.9 Å². The zero-order valence-electron chi connectivity index (χ0n) is 13.3. The molecule has 1 aliphatic heterocycles. The van der Waals surface area contributed by atoms with Crippen molar-refractivity contribution in [3.63, 3.8) is 0 Å². The summed E-state index contributed by atoms with van der Waals surface area (Å²) in [7, 11) is 0. The predicted molar refractivity (Wildman–Crippen MR) is 91.6 cm³/mol. The van der Waals surface area contributed by atoms with E-state index in [2.05, 4.69) is 10.6 Å². The van der Waals surface area contributed by atoms with Gasteiger partial charge in [0.2, 0.25) is 5.91 Å². The number of carbonyl (C=O) groups excluding carboxylic acids is 1. The summed E-state index contributed by atoms with van der Waals surface area (Å²) in [5, 5.41) is 6.25. The van der Waals surface area contributed by atoms with Gasteiger partial charge in [-0.15, -0.1) is 0 Å². The smallest absolute Gasteiger partial charge is 0.241 e. The normalized spacial score (nSPS) is 17.0. The van der Waals surface area contributed by atoms with Gasteiger partial charge in [-0.25, -0.2) is 0 Å². The summed E-state index contributed by atoms with van der Waals surface area (Å²) in [5.74, 6) is 0.892. The second-order valence-corrected chi connectivity index (χ2v) is 5.83. The van der Waals surface area contributed by atoms with Crippen LogP contribution in [-0.2, 0) is 11.4 Å². The standard InChI is InChI=1S/C19H22N2O2/c1-14-15(13-23-16-8-3-2-4-9-16)7-5-10-17(14)21-19(22)18-11-6-12-20-18/h2-5,7-10,18,20H,6,11-13H2,1H3,(H,21,22). The van der Waals surface area contributed by atoms with Crippen molar-refractivity contribution in [2.24, 2.45) is 0 Å². The van der Waals surface area contributed by atoms with Gasteiger partial charge in [0.15, 0.2) is 0 Å². The Bertz CT molecular complexity index is 664. The van der Waals surface area contributed by atoms with E-state index in [1.165, 1.54) is 0 Å². The zero-order valence-corrected chi connectivity index (χ0v) is 13.3. The number of carbonyl (C=O) groups is 1. The molecule has 0 bridgehead atoms. The van der Waals surface area contributed by atoms with Gasteiger partial charge in [-0.05, 0) is 55.6 Å². The molecule has 2 aromatic rings. The molecule has 1 fully saturated rings. The average Bonchev–Trinajstić information content (AvgIpc) is 3.11. The van der Waals surface area contributed by atoms with Crippen LogP contribution in [0.2, 0.25) is 0 Å². The molecule has 1 heterocycles. The first-order valence-electron chi connectivity index (χ1n) is 8.04. The molecule has 0 aromatic heterocycles. The molecule has 23 heavy (non-hydrogen) atoms. The van der Waals surface area contributed by atoms with Gasteiger partial charge in [0, 0.05) is 5.69 Å².